The number of ether oxygens (including phenoxy) is 1. The van der Waals surface area contributed by atoms with Crippen LogP contribution in [0.15, 0.2) is 24.3 Å². The number of nitrogens with two attached hydrogens (primary N) is 1. The first-order valence-corrected chi connectivity index (χ1v) is 8.24. The highest BCUT2D eigenvalue weighted by Gasteiger charge is 2.38. The monoisotopic (exact) mass is 289 g/mol. The van der Waals surface area contributed by atoms with E-state index in [1.807, 2.05) is 0 Å². The zero-order valence-electron chi connectivity index (χ0n) is 14.1. The Labute approximate surface area is 130 Å². The first-order valence-electron chi connectivity index (χ1n) is 8.24. The lowest BCUT2D eigenvalue weighted by atomic mass is 9.68. The Morgan fingerprint density at radius 3 is 2.19 bits per heavy atom. The zero-order chi connectivity index (χ0) is 15.5. The smallest absolute Gasteiger partial charge is 0.0808 e. The fraction of sp³-hybridized carbons (Fsp3) is 0.684. The van der Waals surface area contributed by atoms with Gasteiger partial charge in [-0.15, -0.1) is 0 Å². The van der Waals surface area contributed by atoms with Crippen LogP contribution in [0.5, 0.6) is 0 Å². The highest BCUT2D eigenvalue weighted by Crippen LogP contribution is 2.42. The first kappa shape index (κ1) is 16.5. The van der Waals surface area contributed by atoms with Gasteiger partial charge in [-0.3, -0.25) is 0 Å². The van der Waals surface area contributed by atoms with Gasteiger partial charge in [-0.05, 0) is 49.5 Å². The number of benzene rings is 1. The second-order valence-electron chi connectivity index (χ2n) is 7.80. The van der Waals surface area contributed by atoms with Crippen LogP contribution < -0.4 is 5.73 Å². The molecule has 0 aromatic heterocycles. The van der Waals surface area contributed by atoms with Gasteiger partial charge in [0.2, 0.25) is 0 Å². The van der Waals surface area contributed by atoms with Crippen molar-refractivity contribution in [1.82, 2.24) is 0 Å². The predicted octanol–water partition coefficient (Wildman–Crippen LogP) is 4.45. The Balaban J connectivity index is 1.92. The van der Waals surface area contributed by atoms with Crippen molar-refractivity contribution >= 4 is 0 Å². The quantitative estimate of drug-likeness (QED) is 0.889. The normalized spacial score (nSPS) is 26.8. The Morgan fingerprint density at radius 2 is 1.71 bits per heavy atom. The fourth-order valence-electron chi connectivity index (χ4n) is 3.34. The molecule has 1 aliphatic rings. The molecule has 1 saturated carbocycles. The van der Waals surface area contributed by atoms with Crippen LogP contribution in [0.4, 0.5) is 0 Å². The van der Waals surface area contributed by atoms with E-state index in [9.17, 15) is 0 Å². The minimum Gasteiger partial charge on any atom is -0.369 e. The van der Waals surface area contributed by atoms with Crippen molar-refractivity contribution in [3.63, 3.8) is 0 Å². The molecule has 0 bridgehead atoms. The molecule has 0 saturated heterocycles. The zero-order valence-corrected chi connectivity index (χ0v) is 14.1. The van der Waals surface area contributed by atoms with E-state index in [1.165, 1.54) is 24.0 Å². The van der Waals surface area contributed by atoms with Crippen molar-refractivity contribution in [3.05, 3.63) is 35.4 Å². The van der Waals surface area contributed by atoms with Gasteiger partial charge in [-0.2, -0.15) is 0 Å². The van der Waals surface area contributed by atoms with Gasteiger partial charge in [-0.1, -0.05) is 50.6 Å². The Morgan fingerprint density at radius 1 is 1.14 bits per heavy atom. The van der Waals surface area contributed by atoms with Crippen LogP contribution in [0, 0.1) is 18.3 Å². The molecule has 0 spiro atoms. The Bertz CT molecular complexity index is 436. The minimum atomic E-state index is -0.105. The van der Waals surface area contributed by atoms with E-state index in [1.54, 1.807) is 0 Å². The maximum Gasteiger partial charge on any atom is 0.0808 e. The van der Waals surface area contributed by atoms with Gasteiger partial charge in [0.1, 0.15) is 0 Å². The van der Waals surface area contributed by atoms with Gasteiger partial charge in [0.15, 0.2) is 0 Å². The summed E-state index contributed by atoms with van der Waals surface area (Å²) in [5.41, 5.74) is 8.88. The third-order valence-corrected chi connectivity index (χ3v) is 5.16. The van der Waals surface area contributed by atoms with E-state index in [4.69, 9.17) is 10.5 Å². The lowest BCUT2D eigenvalue weighted by Crippen LogP contribution is -2.45. The van der Waals surface area contributed by atoms with Crippen molar-refractivity contribution in [2.75, 3.05) is 6.54 Å². The third kappa shape index (κ3) is 4.31. The maximum atomic E-state index is 6.28. The lowest BCUT2D eigenvalue weighted by Gasteiger charge is -2.43. The van der Waals surface area contributed by atoms with Gasteiger partial charge >= 0.3 is 0 Å². The average Bonchev–Trinajstić information content (AvgIpc) is 2.46. The van der Waals surface area contributed by atoms with Gasteiger partial charge in [0, 0.05) is 6.54 Å². The van der Waals surface area contributed by atoms with Crippen LogP contribution in [0.2, 0.25) is 0 Å². The minimum absolute atomic E-state index is 0.105. The van der Waals surface area contributed by atoms with Crippen molar-refractivity contribution in [3.8, 4) is 0 Å². The molecule has 1 fully saturated rings. The van der Waals surface area contributed by atoms with Crippen LogP contribution >= 0.6 is 0 Å². The molecule has 1 aromatic rings. The summed E-state index contributed by atoms with van der Waals surface area (Å²) in [6.45, 7) is 10.5. The maximum absolute atomic E-state index is 6.28. The Kier molecular flexibility index (Phi) is 5.11. The third-order valence-electron chi connectivity index (χ3n) is 5.16. The molecule has 0 heterocycles. The molecule has 1 aromatic carbocycles. The number of aryl methyl sites for hydroxylation is 1. The molecular formula is C19H31NO. The SMILES string of the molecule is Cc1ccc(COC2(CN)CCC(C(C)(C)C)CC2)cc1. The molecule has 1 aliphatic carbocycles. The van der Waals surface area contributed by atoms with Crippen LogP contribution in [0.1, 0.15) is 57.6 Å². The highest BCUT2D eigenvalue weighted by molar-refractivity contribution is 5.20. The summed E-state index contributed by atoms with van der Waals surface area (Å²) in [5, 5.41) is 0. The van der Waals surface area contributed by atoms with Gasteiger partial charge in [0.25, 0.3) is 0 Å². The summed E-state index contributed by atoms with van der Waals surface area (Å²) in [7, 11) is 0. The van der Waals surface area contributed by atoms with Gasteiger partial charge in [-0.25, -0.2) is 0 Å². The molecule has 21 heavy (non-hydrogen) atoms. The molecule has 0 unspecified atom stereocenters. The molecule has 0 aliphatic heterocycles. The second kappa shape index (κ2) is 6.50. The predicted molar refractivity (Wildman–Crippen MR) is 89.2 cm³/mol. The van der Waals surface area contributed by atoms with E-state index in [0.29, 0.717) is 18.6 Å². The molecule has 0 atom stereocenters. The molecule has 118 valence electrons. The Hall–Kier alpha value is -0.860. The van der Waals surface area contributed by atoms with Gasteiger partial charge in [0.05, 0.1) is 12.2 Å². The van der Waals surface area contributed by atoms with Crippen LogP contribution in [0.3, 0.4) is 0 Å². The largest absolute Gasteiger partial charge is 0.369 e. The van der Waals surface area contributed by atoms with E-state index in [2.05, 4.69) is 52.0 Å². The number of rotatable bonds is 4. The van der Waals surface area contributed by atoms with Crippen molar-refractivity contribution in [2.45, 2.75) is 65.6 Å². The summed E-state index contributed by atoms with van der Waals surface area (Å²) in [6.07, 6.45) is 4.65. The van der Waals surface area contributed by atoms with Crippen LogP contribution in [0.25, 0.3) is 0 Å². The standard InChI is InChI=1S/C19H31NO/c1-15-5-7-16(8-6-15)13-21-19(14-20)11-9-17(10-12-19)18(2,3)4/h5-8,17H,9-14,20H2,1-4H3. The van der Waals surface area contributed by atoms with Crippen LogP contribution in [-0.2, 0) is 11.3 Å². The van der Waals surface area contributed by atoms with Gasteiger partial charge < -0.3 is 10.5 Å². The van der Waals surface area contributed by atoms with E-state index < -0.39 is 0 Å². The van der Waals surface area contributed by atoms with E-state index >= 15 is 0 Å². The molecule has 2 heteroatoms. The topological polar surface area (TPSA) is 35.2 Å². The first-order chi connectivity index (χ1) is 9.85. The average molecular weight is 289 g/mol. The van der Waals surface area contributed by atoms with Crippen molar-refractivity contribution in [2.24, 2.45) is 17.1 Å². The molecule has 2 nitrogen and oxygen atoms in total. The summed E-state index contributed by atoms with van der Waals surface area (Å²) >= 11 is 0. The fourth-order valence-corrected chi connectivity index (χ4v) is 3.34. The molecular weight excluding hydrogens is 258 g/mol. The molecule has 2 N–H and O–H groups in total. The van der Waals surface area contributed by atoms with Crippen LogP contribution in [-0.4, -0.2) is 12.1 Å². The van der Waals surface area contributed by atoms with Crippen molar-refractivity contribution in [1.29, 1.82) is 0 Å². The summed E-state index contributed by atoms with van der Waals surface area (Å²) in [5.74, 6) is 0.792. The summed E-state index contributed by atoms with van der Waals surface area (Å²) in [6, 6.07) is 8.59. The number of hydrogen-bond donors (Lipinski definition) is 1. The van der Waals surface area contributed by atoms with E-state index in [0.717, 1.165) is 18.8 Å². The molecule has 2 rings (SSSR count). The lowest BCUT2D eigenvalue weighted by molar-refractivity contribution is -0.0888. The number of hydrogen-bond acceptors (Lipinski definition) is 2. The molecule has 0 amide bonds. The molecule has 0 radical (unpaired) electrons. The summed E-state index contributed by atoms with van der Waals surface area (Å²) in [4.78, 5) is 0. The second-order valence-corrected chi connectivity index (χ2v) is 7.80. The summed E-state index contributed by atoms with van der Waals surface area (Å²) < 4.78 is 6.28. The van der Waals surface area contributed by atoms with Crippen molar-refractivity contribution < 1.29 is 4.74 Å². The highest BCUT2D eigenvalue weighted by atomic mass is 16.5. The van der Waals surface area contributed by atoms with E-state index in [-0.39, 0.29) is 5.60 Å².